The van der Waals surface area contributed by atoms with E-state index < -0.39 is 12.1 Å². The minimum atomic E-state index is -0.870. The third-order valence-corrected chi connectivity index (χ3v) is 10.2. The molecular formula is C49H89NO3. The molecule has 0 saturated heterocycles. The van der Waals surface area contributed by atoms with Crippen molar-refractivity contribution < 1.29 is 15.0 Å². The number of carbonyl (C=O) groups is 1. The van der Waals surface area contributed by atoms with E-state index in [4.69, 9.17) is 0 Å². The third kappa shape index (κ3) is 41.1. The van der Waals surface area contributed by atoms with Gasteiger partial charge in [0.2, 0.25) is 5.91 Å². The molecule has 4 heteroatoms. The van der Waals surface area contributed by atoms with Gasteiger partial charge in [0.25, 0.3) is 0 Å². The third-order valence-electron chi connectivity index (χ3n) is 10.2. The minimum Gasteiger partial charge on any atom is -0.394 e. The van der Waals surface area contributed by atoms with Crippen LogP contribution in [0.2, 0.25) is 0 Å². The standard InChI is InChI=1S/C49H89NO3/c1-3-5-7-9-11-13-15-17-19-21-23-24-25-27-28-30-32-34-36-38-40-42-44-48(52)47(46-51)50-49(53)45-43-41-39-37-35-33-31-29-26-22-20-18-16-14-12-10-8-6-4-2/h12,14,18,20,26,29,34,36,42,44,47-48,51-52H,3-11,13,15-17,19,21-25,27-28,30-33,35,37-41,43,45-46H2,1-2H3,(H,50,53)/b14-12-,20-18-,29-26-,36-34+,44-42+. The second-order valence-electron chi connectivity index (χ2n) is 15.5. The fraction of sp³-hybridized carbons (Fsp3) is 0.776. The molecule has 0 radical (unpaired) electrons. The van der Waals surface area contributed by atoms with E-state index in [0.29, 0.717) is 6.42 Å². The predicted molar refractivity (Wildman–Crippen MR) is 234 cm³/mol. The molecule has 0 aromatic rings. The van der Waals surface area contributed by atoms with Gasteiger partial charge >= 0.3 is 0 Å². The van der Waals surface area contributed by atoms with Gasteiger partial charge in [-0.3, -0.25) is 4.79 Å². The number of hydrogen-bond acceptors (Lipinski definition) is 3. The van der Waals surface area contributed by atoms with Crippen LogP contribution in [0, 0.1) is 0 Å². The smallest absolute Gasteiger partial charge is 0.220 e. The molecule has 3 N–H and O–H groups in total. The molecule has 0 aromatic heterocycles. The topological polar surface area (TPSA) is 69.6 Å². The Morgan fingerprint density at radius 1 is 0.453 bits per heavy atom. The van der Waals surface area contributed by atoms with Gasteiger partial charge in [-0.2, -0.15) is 0 Å². The van der Waals surface area contributed by atoms with E-state index >= 15 is 0 Å². The zero-order valence-corrected chi connectivity index (χ0v) is 35.3. The highest BCUT2D eigenvalue weighted by Gasteiger charge is 2.17. The lowest BCUT2D eigenvalue weighted by Crippen LogP contribution is -2.45. The molecule has 0 aliphatic carbocycles. The maximum absolute atomic E-state index is 12.4. The SMILES string of the molecule is CCCCC/C=C\C/C=C\C/C=C\CCCCCCCCC(=O)NC(CO)C(O)/C=C/CC/C=C/CCCCCCCCCCCCCCCCCC. The summed E-state index contributed by atoms with van der Waals surface area (Å²) < 4.78 is 0. The molecule has 0 aliphatic heterocycles. The van der Waals surface area contributed by atoms with Crippen molar-refractivity contribution in [2.75, 3.05) is 6.61 Å². The molecule has 0 aliphatic rings. The summed E-state index contributed by atoms with van der Waals surface area (Å²) in [5, 5.41) is 23.0. The van der Waals surface area contributed by atoms with Crippen molar-refractivity contribution in [3.63, 3.8) is 0 Å². The lowest BCUT2D eigenvalue weighted by Gasteiger charge is -2.19. The van der Waals surface area contributed by atoms with Gasteiger partial charge in [-0.25, -0.2) is 0 Å². The Balaban J connectivity index is 3.64. The Bertz CT molecular complexity index is 888. The molecule has 0 aromatic carbocycles. The summed E-state index contributed by atoms with van der Waals surface area (Å²) >= 11 is 0. The van der Waals surface area contributed by atoms with E-state index in [-0.39, 0.29) is 12.5 Å². The fourth-order valence-corrected chi connectivity index (χ4v) is 6.67. The van der Waals surface area contributed by atoms with Crippen molar-refractivity contribution in [1.29, 1.82) is 0 Å². The van der Waals surface area contributed by atoms with Crippen LogP contribution in [-0.4, -0.2) is 34.9 Å². The fourth-order valence-electron chi connectivity index (χ4n) is 6.67. The molecule has 2 unspecified atom stereocenters. The number of hydrogen-bond donors (Lipinski definition) is 3. The van der Waals surface area contributed by atoms with Gasteiger partial charge in [0.1, 0.15) is 0 Å². The molecule has 0 rings (SSSR count). The molecular weight excluding hydrogens is 651 g/mol. The van der Waals surface area contributed by atoms with Gasteiger partial charge in [-0.05, 0) is 70.6 Å². The van der Waals surface area contributed by atoms with E-state index in [1.807, 2.05) is 6.08 Å². The van der Waals surface area contributed by atoms with Gasteiger partial charge in [0.15, 0.2) is 0 Å². The predicted octanol–water partition coefficient (Wildman–Crippen LogP) is 14.5. The Morgan fingerprint density at radius 3 is 1.26 bits per heavy atom. The molecule has 0 fully saturated rings. The summed E-state index contributed by atoms with van der Waals surface area (Å²) in [5.74, 6) is -0.0873. The number of carbonyl (C=O) groups excluding carboxylic acids is 1. The summed E-state index contributed by atoms with van der Waals surface area (Å²) in [6, 6.07) is -0.648. The largest absolute Gasteiger partial charge is 0.394 e. The van der Waals surface area contributed by atoms with Gasteiger partial charge in [0.05, 0.1) is 18.8 Å². The van der Waals surface area contributed by atoms with Gasteiger partial charge in [-0.1, -0.05) is 209 Å². The van der Waals surface area contributed by atoms with Gasteiger partial charge < -0.3 is 15.5 Å². The second kappa shape index (κ2) is 44.5. The quantitative estimate of drug-likeness (QED) is 0.0432. The highest BCUT2D eigenvalue weighted by atomic mass is 16.3. The summed E-state index contributed by atoms with van der Waals surface area (Å²) in [6.45, 7) is 4.27. The molecule has 1 amide bonds. The molecule has 4 nitrogen and oxygen atoms in total. The minimum absolute atomic E-state index is 0.0873. The van der Waals surface area contributed by atoms with Crippen molar-refractivity contribution in [2.24, 2.45) is 0 Å². The van der Waals surface area contributed by atoms with Crippen molar-refractivity contribution in [3.05, 3.63) is 60.8 Å². The number of aliphatic hydroxyl groups excluding tert-OH is 2. The van der Waals surface area contributed by atoms with Gasteiger partial charge in [-0.15, -0.1) is 0 Å². The molecule has 0 heterocycles. The average Bonchev–Trinajstić information content (AvgIpc) is 3.16. The number of allylic oxidation sites excluding steroid dienone is 9. The first kappa shape index (κ1) is 51.1. The number of unbranched alkanes of at least 4 members (excludes halogenated alkanes) is 26. The number of rotatable bonds is 41. The lowest BCUT2D eigenvalue weighted by molar-refractivity contribution is -0.123. The maximum atomic E-state index is 12.4. The summed E-state index contributed by atoms with van der Waals surface area (Å²) in [7, 11) is 0. The van der Waals surface area contributed by atoms with Crippen molar-refractivity contribution >= 4 is 5.91 Å². The normalized spacial score (nSPS) is 13.5. The molecule has 0 saturated carbocycles. The van der Waals surface area contributed by atoms with Crippen molar-refractivity contribution in [2.45, 2.75) is 238 Å². The summed E-state index contributed by atoms with van der Waals surface area (Å²) in [6.07, 6.45) is 61.9. The van der Waals surface area contributed by atoms with E-state index in [2.05, 4.69) is 67.8 Å². The first-order chi connectivity index (χ1) is 26.2. The van der Waals surface area contributed by atoms with Crippen LogP contribution < -0.4 is 5.32 Å². The number of amides is 1. The monoisotopic (exact) mass is 740 g/mol. The Hall–Kier alpha value is -1.91. The van der Waals surface area contributed by atoms with Crippen LogP contribution in [0.25, 0.3) is 0 Å². The van der Waals surface area contributed by atoms with Crippen LogP contribution in [0.15, 0.2) is 60.8 Å². The zero-order chi connectivity index (χ0) is 38.6. The van der Waals surface area contributed by atoms with Crippen LogP contribution in [0.1, 0.15) is 226 Å². The molecule has 308 valence electrons. The van der Waals surface area contributed by atoms with E-state index in [0.717, 1.165) is 57.8 Å². The second-order valence-corrected chi connectivity index (χ2v) is 15.5. The van der Waals surface area contributed by atoms with Crippen molar-refractivity contribution in [1.82, 2.24) is 5.32 Å². The maximum Gasteiger partial charge on any atom is 0.220 e. The number of aliphatic hydroxyl groups is 2. The summed E-state index contributed by atoms with van der Waals surface area (Å²) in [5.41, 5.74) is 0. The van der Waals surface area contributed by atoms with Crippen LogP contribution >= 0.6 is 0 Å². The Morgan fingerprint density at radius 2 is 0.792 bits per heavy atom. The molecule has 53 heavy (non-hydrogen) atoms. The van der Waals surface area contributed by atoms with Crippen LogP contribution in [-0.2, 0) is 4.79 Å². The zero-order valence-electron chi connectivity index (χ0n) is 35.3. The molecule has 0 bridgehead atoms. The van der Waals surface area contributed by atoms with Crippen LogP contribution in [0.3, 0.4) is 0 Å². The Labute approximate surface area is 330 Å². The first-order valence-electron chi connectivity index (χ1n) is 23.0. The highest BCUT2D eigenvalue weighted by Crippen LogP contribution is 2.15. The number of nitrogens with one attached hydrogen (secondary N) is 1. The van der Waals surface area contributed by atoms with E-state index in [9.17, 15) is 15.0 Å². The van der Waals surface area contributed by atoms with Crippen LogP contribution in [0.5, 0.6) is 0 Å². The van der Waals surface area contributed by atoms with Gasteiger partial charge in [0, 0.05) is 6.42 Å². The average molecular weight is 740 g/mol. The first-order valence-corrected chi connectivity index (χ1v) is 23.0. The van der Waals surface area contributed by atoms with E-state index in [1.54, 1.807) is 6.08 Å². The van der Waals surface area contributed by atoms with Crippen molar-refractivity contribution in [3.8, 4) is 0 Å². The summed E-state index contributed by atoms with van der Waals surface area (Å²) in [4.78, 5) is 12.4. The molecule has 2 atom stereocenters. The highest BCUT2D eigenvalue weighted by molar-refractivity contribution is 5.76. The van der Waals surface area contributed by atoms with Crippen LogP contribution in [0.4, 0.5) is 0 Å². The molecule has 0 spiro atoms. The van der Waals surface area contributed by atoms with E-state index in [1.165, 1.54) is 148 Å². The Kier molecular flexibility index (Phi) is 42.9. The lowest BCUT2D eigenvalue weighted by atomic mass is 10.0.